The van der Waals surface area contributed by atoms with E-state index in [2.05, 4.69) is 74.9 Å². The molecule has 274 valence electrons. The zero-order chi connectivity index (χ0) is 36.6. The maximum atomic E-state index is 12.2. The van der Waals surface area contributed by atoms with Crippen LogP contribution < -0.4 is 9.80 Å². The highest BCUT2D eigenvalue weighted by Gasteiger charge is 2.43. The Morgan fingerprint density at radius 1 is 1.00 bits per heavy atom. The zero-order valence-corrected chi connectivity index (χ0v) is 31.8. The van der Waals surface area contributed by atoms with E-state index in [1.807, 2.05) is 6.92 Å². The lowest BCUT2D eigenvalue weighted by molar-refractivity contribution is -0.137. The first-order valence-electron chi connectivity index (χ1n) is 18.5. The standard InChI is InChI=1S/C35H44N2O6S.C6H14/c1-6-12-31-26(22-27-32(43-31)18-20-37-30-14-10-9-13-29(30)36(5)34(27)37)24(3)35(4,19-11-7-8-15-33(38)39)28-21-25(44(40,41)42)17-16-23(28)2;1-3-5-6-4-2/h9-10,13-14,16-17,21-22,31-32H,3,6-8,11-12,15,18-20H2,1-2,4-5H3,(H,38,39)(H,40,41,42);3-6H2,1-2H3. The van der Waals surface area contributed by atoms with Gasteiger partial charge in [0.2, 0.25) is 0 Å². The van der Waals surface area contributed by atoms with Gasteiger partial charge in [0, 0.05) is 31.0 Å². The van der Waals surface area contributed by atoms with Crippen LogP contribution in [-0.4, -0.2) is 49.8 Å². The van der Waals surface area contributed by atoms with Crippen LogP contribution in [0.3, 0.4) is 0 Å². The molecule has 0 radical (unpaired) electrons. The van der Waals surface area contributed by atoms with Crippen molar-refractivity contribution in [3.8, 4) is 0 Å². The molecular formula is C41H58N2O6S. The van der Waals surface area contributed by atoms with Crippen molar-refractivity contribution in [2.45, 2.75) is 134 Å². The number of para-hydroxylation sites is 2. The molecule has 0 saturated carbocycles. The van der Waals surface area contributed by atoms with Gasteiger partial charge in [0.1, 0.15) is 5.82 Å². The van der Waals surface area contributed by atoms with E-state index in [1.54, 1.807) is 12.1 Å². The SMILES string of the molecule is C=C(C1=CC2=C3N(C)c4ccccc4N3CCC2OC1CCC)C(C)(CCCCCC(=O)O)c1cc(S(=O)(=O)O)ccc1C.CCCCCC. The minimum absolute atomic E-state index is 0.0435. The molecule has 2 N–H and O–H groups in total. The fourth-order valence-corrected chi connectivity index (χ4v) is 8.17. The number of anilines is 2. The van der Waals surface area contributed by atoms with Crippen LogP contribution in [0.4, 0.5) is 11.4 Å². The molecule has 0 spiro atoms. The van der Waals surface area contributed by atoms with Gasteiger partial charge in [0.25, 0.3) is 10.1 Å². The van der Waals surface area contributed by atoms with Crippen molar-refractivity contribution in [1.82, 2.24) is 0 Å². The van der Waals surface area contributed by atoms with Gasteiger partial charge in [-0.1, -0.05) is 97.4 Å². The van der Waals surface area contributed by atoms with Crippen molar-refractivity contribution in [3.63, 3.8) is 0 Å². The van der Waals surface area contributed by atoms with Crippen molar-refractivity contribution in [3.05, 3.63) is 88.8 Å². The molecule has 0 aliphatic carbocycles. The summed E-state index contributed by atoms with van der Waals surface area (Å²) in [5, 5.41) is 9.14. The van der Waals surface area contributed by atoms with E-state index in [4.69, 9.17) is 16.4 Å². The molecule has 0 saturated heterocycles. The van der Waals surface area contributed by atoms with Crippen molar-refractivity contribution < 1.29 is 27.6 Å². The minimum Gasteiger partial charge on any atom is -0.481 e. The van der Waals surface area contributed by atoms with E-state index in [9.17, 15) is 17.8 Å². The first-order valence-corrected chi connectivity index (χ1v) is 19.9. The van der Waals surface area contributed by atoms with E-state index < -0.39 is 21.5 Å². The van der Waals surface area contributed by atoms with Crippen LogP contribution in [0.2, 0.25) is 0 Å². The number of carboxylic acids is 1. The van der Waals surface area contributed by atoms with Crippen LogP contribution in [0.1, 0.15) is 116 Å². The fraction of sp³-hybridized carbons (Fsp3) is 0.537. The Morgan fingerprint density at radius 3 is 2.30 bits per heavy atom. The highest BCUT2D eigenvalue weighted by atomic mass is 32.2. The number of rotatable bonds is 15. The first kappa shape index (κ1) is 39.4. The van der Waals surface area contributed by atoms with Gasteiger partial charge in [-0.25, -0.2) is 0 Å². The largest absolute Gasteiger partial charge is 0.481 e. The summed E-state index contributed by atoms with van der Waals surface area (Å²) in [6, 6.07) is 13.1. The third-order valence-electron chi connectivity index (χ3n) is 10.5. The van der Waals surface area contributed by atoms with E-state index >= 15 is 0 Å². The Hall–Kier alpha value is -3.40. The maximum absolute atomic E-state index is 12.2. The summed E-state index contributed by atoms with van der Waals surface area (Å²) >= 11 is 0. The first-order chi connectivity index (χ1) is 23.8. The molecule has 2 aromatic rings. The molecule has 0 fully saturated rings. The maximum Gasteiger partial charge on any atom is 0.303 e. The molecule has 50 heavy (non-hydrogen) atoms. The van der Waals surface area contributed by atoms with Crippen LogP contribution >= 0.6 is 0 Å². The molecular weight excluding hydrogens is 649 g/mol. The van der Waals surface area contributed by atoms with Gasteiger partial charge in [-0.3, -0.25) is 9.35 Å². The number of hydrogen-bond donors (Lipinski definition) is 2. The van der Waals surface area contributed by atoms with Crippen molar-refractivity contribution in [2.24, 2.45) is 0 Å². The van der Waals surface area contributed by atoms with E-state index in [0.29, 0.717) is 12.8 Å². The third-order valence-corrected chi connectivity index (χ3v) is 11.4. The molecule has 0 amide bonds. The van der Waals surface area contributed by atoms with Crippen LogP contribution in [0.25, 0.3) is 0 Å². The summed E-state index contributed by atoms with van der Waals surface area (Å²) in [6.45, 7) is 16.2. The molecule has 3 heterocycles. The van der Waals surface area contributed by atoms with Crippen LogP contribution in [-0.2, 0) is 25.1 Å². The fourth-order valence-electron chi connectivity index (χ4n) is 7.66. The van der Waals surface area contributed by atoms with Crippen molar-refractivity contribution in [2.75, 3.05) is 23.4 Å². The normalized spacial score (nSPS) is 19.5. The molecule has 3 aliphatic rings. The predicted molar refractivity (Wildman–Crippen MR) is 204 cm³/mol. The summed E-state index contributed by atoms with van der Waals surface area (Å²) in [6.07, 6.45) is 13.0. The third kappa shape index (κ3) is 8.72. The van der Waals surface area contributed by atoms with Crippen LogP contribution in [0, 0.1) is 6.92 Å². The summed E-state index contributed by atoms with van der Waals surface area (Å²) in [4.78, 5) is 15.6. The Balaban J connectivity index is 0.000000860. The zero-order valence-electron chi connectivity index (χ0n) is 31.0. The van der Waals surface area contributed by atoms with Crippen LogP contribution in [0.5, 0.6) is 0 Å². The summed E-state index contributed by atoms with van der Waals surface area (Å²) in [7, 11) is -2.33. The lowest BCUT2D eigenvalue weighted by Crippen LogP contribution is -2.43. The summed E-state index contributed by atoms with van der Waals surface area (Å²) < 4.78 is 41.2. The number of benzene rings is 2. The number of hydrogen-bond acceptors (Lipinski definition) is 6. The lowest BCUT2D eigenvalue weighted by Gasteiger charge is -2.43. The number of nitrogens with zero attached hydrogens (tertiary/aromatic N) is 2. The Bertz CT molecular complexity index is 1690. The van der Waals surface area contributed by atoms with E-state index in [1.165, 1.54) is 37.4 Å². The van der Waals surface area contributed by atoms with E-state index in [0.717, 1.165) is 78.0 Å². The van der Waals surface area contributed by atoms with E-state index in [-0.39, 0.29) is 23.5 Å². The number of fused-ring (bicyclic) bond motifs is 4. The predicted octanol–water partition coefficient (Wildman–Crippen LogP) is 9.74. The number of ether oxygens (including phenoxy) is 1. The number of carboxylic acid groups (broad SMARTS) is 1. The van der Waals surface area contributed by atoms with Gasteiger partial charge >= 0.3 is 5.97 Å². The molecule has 3 aliphatic heterocycles. The summed E-state index contributed by atoms with van der Waals surface area (Å²) in [5.74, 6) is 0.299. The highest BCUT2D eigenvalue weighted by Crippen LogP contribution is 2.49. The lowest BCUT2D eigenvalue weighted by atomic mass is 9.67. The molecule has 0 aromatic heterocycles. The second-order valence-corrected chi connectivity index (χ2v) is 15.6. The molecule has 8 nitrogen and oxygen atoms in total. The van der Waals surface area contributed by atoms with Gasteiger partial charge < -0.3 is 19.6 Å². The van der Waals surface area contributed by atoms with Gasteiger partial charge in [0.05, 0.1) is 28.5 Å². The molecule has 2 aromatic carbocycles. The minimum atomic E-state index is -4.42. The number of aliphatic carboxylic acids is 1. The highest BCUT2D eigenvalue weighted by molar-refractivity contribution is 7.85. The molecule has 3 atom stereocenters. The molecule has 0 bridgehead atoms. The van der Waals surface area contributed by atoms with Crippen LogP contribution in [0.15, 0.2) is 82.6 Å². The number of aryl methyl sites for hydroxylation is 1. The van der Waals surface area contributed by atoms with Crippen molar-refractivity contribution in [1.29, 1.82) is 0 Å². The second-order valence-electron chi connectivity index (χ2n) is 14.2. The molecule has 5 rings (SSSR count). The molecule has 9 heteroatoms. The van der Waals surface area contributed by atoms with Gasteiger partial charge in [-0.15, -0.1) is 0 Å². The van der Waals surface area contributed by atoms with Gasteiger partial charge in [0.15, 0.2) is 0 Å². The quantitative estimate of drug-likeness (QED) is 0.139. The number of unbranched alkanes of at least 4 members (excludes halogenated alkanes) is 5. The topological polar surface area (TPSA) is 107 Å². The Labute approximate surface area is 300 Å². The molecule has 3 unspecified atom stereocenters. The number of carbonyl (C=O) groups is 1. The van der Waals surface area contributed by atoms with Crippen molar-refractivity contribution >= 4 is 27.5 Å². The smallest absolute Gasteiger partial charge is 0.303 e. The Kier molecular flexibility index (Phi) is 13.6. The Morgan fingerprint density at radius 2 is 1.68 bits per heavy atom. The monoisotopic (exact) mass is 706 g/mol. The van der Waals surface area contributed by atoms with Gasteiger partial charge in [-0.05, 0) is 85.2 Å². The average Bonchev–Trinajstić information content (AvgIpc) is 3.38. The average molecular weight is 707 g/mol. The summed E-state index contributed by atoms with van der Waals surface area (Å²) in [5.41, 5.74) is 6.28. The van der Waals surface area contributed by atoms with Gasteiger partial charge in [-0.2, -0.15) is 8.42 Å². The second kappa shape index (κ2) is 17.2.